The molecule has 4 fully saturated rings. The molecule has 0 spiro atoms. The normalized spacial score (nSPS) is 30.1. The number of rotatable bonds is 5. The number of nitrogens with zero attached hydrogens (tertiary/aromatic N) is 2. The van der Waals surface area contributed by atoms with Gasteiger partial charge in [-0.15, -0.1) is 0 Å². The van der Waals surface area contributed by atoms with Crippen molar-refractivity contribution in [2.75, 3.05) is 0 Å². The van der Waals surface area contributed by atoms with E-state index in [1.165, 1.54) is 50.7 Å². The first-order valence-electron chi connectivity index (χ1n) is 11.6. The maximum absolute atomic E-state index is 13.3. The highest BCUT2D eigenvalue weighted by Gasteiger charge is 2.53. The van der Waals surface area contributed by atoms with Crippen LogP contribution in [-0.2, 0) is 4.79 Å². The van der Waals surface area contributed by atoms with Crippen LogP contribution in [0.5, 0.6) is 0 Å². The molecule has 6 rings (SSSR count). The van der Waals surface area contributed by atoms with Gasteiger partial charge in [-0.05, 0) is 113 Å². The third-order valence-corrected chi connectivity index (χ3v) is 8.18. The first-order chi connectivity index (χ1) is 14.8. The molecule has 4 bridgehead atoms. The van der Waals surface area contributed by atoms with Crippen molar-refractivity contribution < 1.29 is 9.18 Å². The van der Waals surface area contributed by atoms with Gasteiger partial charge in [0.2, 0.25) is 5.91 Å². The van der Waals surface area contributed by atoms with E-state index in [-0.39, 0.29) is 17.8 Å². The highest BCUT2D eigenvalue weighted by atomic mass is 19.1. The smallest absolute Gasteiger partial charge is 0.244 e. The zero-order chi connectivity index (χ0) is 21.8. The van der Waals surface area contributed by atoms with E-state index in [0.717, 1.165) is 40.4 Å². The first kappa shape index (κ1) is 20.5. The van der Waals surface area contributed by atoms with Gasteiger partial charge in [-0.2, -0.15) is 5.10 Å². The van der Waals surface area contributed by atoms with Crippen molar-refractivity contribution in [3.8, 4) is 5.69 Å². The molecule has 164 valence electrons. The molecule has 31 heavy (non-hydrogen) atoms. The van der Waals surface area contributed by atoms with Gasteiger partial charge in [0.15, 0.2) is 0 Å². The molecule has 0 unspecified atom stereocenters. The van der Waals surface area contributed by atoms with Crippen LogP contribution in [0, 0.1) is 42.8 Å². The molecule has 5 heteroatoms. The number of benzene rings is 1. The molecule has 1 aromatic heterocycles. The van der Waals surface area contributed by atoms with Gasteiger partial charge in [0, 0.05) is 23.4 Å². The maximum atomic E-state index is 13.3. The second-order valence-electron chi connectivity index (χ2n) is 10.3. The fourth-order valence-electron chi connectivity index (χ4n) is 7.01. The summed E-state index contributed by atoms with van der Waals surface area (Å²) in [5.74, 6) is 2.34. The molecule has 1 heterocycles. The predicted molar refractivity (Wildman–Crippen MR) is 120 cm³/mol. The third-order valence-electron chi connectivity index (χ3n) is 8.18. The number of carbonyl (C=O) groups excluding carboxylic acids is 1. The third kappa shape index (κ3) is 3.72. The number of nitrogens with one attached hydrogen (secondary N) is 1. The Bertz CT molecular complexity index is 985. The van der Waals surface area contributed by atoms with E-state index in [1.54, 1.807) is 22.9 Å². The lowest BCUT2D eigenvalue weighted by Gasteiger charge is -2.59. The predicted octanol–water partition coefficient (Wildman–Crippen LogP) is 5.36. The molecule has 4 aliphatic rings. The summed E-state index contributed by atoms with van der Waals surface area (Å²) in [4.78, 5) is 12.8. The second kappa shape index (κ2) is 7.61. The Morgan fingerprint density at radius 3 is 2.29 bits per heavy atom. The van der Waals surface area contributed by atoms with Crippen molar-refractivity contribution in [2.45, 2.75) is 65.3 Å². The van der Waals surface area contributed by atoms with Crippen molar-refractivity contribution in [1.29, 1.82) is 0 Å². The molecule has 4 aliphatic carbocycles. The van der Waals surface area contributed by atoms with E-state index in [0.29, 0.717) is 5.41 Å². The molecule has 1 atom stereocenters. The van der Waals surface area contributed by atoms with E-state index in [2.05, 4.69) is 17.3 Å². The average molecular weight is 422 g/mol. The summed E-state index contributed by atoms with van der Waals surface area (Å²) in [5, 5.41) is 7.88. The molecule has 1 amide bonds. The Morgan fingerprint density at radius 2 is 1.71 bits per heavy atom. The quantitative estimate of drug-likeness (QED) is 0.661. The van der Waals surface area contributed by atoms with Crippen molar-refractivity contribution in [1.82, 2.24) is 15.1 Å². The van der Waals surface area contributed by atoms with E-state index in [4.69, 9.17) is 0 Å². The van der Waals surface area contributed by atoms with Crippen molar-refractivity contribution >= 4 is 12.0 Å². The Hall–Kier alpha value is -2.43. The highest BCUT2D eigenvalue weighted by Crippen LogP contribution is 2.61. The lowest BCUT2D eigenvalue weighted by Crippen LogP contribution is -2.55. The summed E-state index contributed by atoms with van der Waals surface area (Å²) >= 11 is 0. The number of aryl methyl sites for hydroxylation is 1. The molecule has 1 aromatic carbocycles. The number of hydrogen-bond acceptors (Lipinski definition) is 2. The summed E-state index contributed by atoms with van der Waals surface area (Å²) < 4.78 is 15.0. The van der Waals surface area contributed by atoms with Gasteiger partial charge in [0.25, 0.3) is 0 Å². The van der Waals surface area contributed by atoms with Crippen LogP contribution in [-0.4, -0.2) is 21.7 Å². The Morgan fingerprint density at radius 1 is 1.13 bits per heavy atom. The van der Waals surface area contributed by atoms with Crippen LogP contribution in [0.4, 0.5) is 4.39 Å². The second-order valence-corrected chi connectivity index (χ2v) is 10.3. The van der Waals surface area contributed by atoms with E-state index < -0.39 is 0 Å². The summed E-state index contributed by atoms with van der Waals surface area (Å²) in [6.45, 7) is 6.11. The van der Waals surface area contributed by atoms with Crippen LogP contribution in [0.2, 0.25) is 0 Å². The van der Waals surface area contributed by atoms with Crippen LogP contribution in [0.25, 0.3) is 11.8 Å². The molecule has 0 saturated heterocycles. The maximum Gasteiger partial charge on any atom is 0.244 e. The summed E-state index contributed by atoms with van der Waals surface area (Å²) in [6.07, 6.45) is 11.6. The average Bonchev–Trinajstić information content (AvgIpc) is 2.99. The fourth-order valence-corrected chi connectivity index (χ4v) is 7.01. The van der Waals surface area contributed by atoms with Crippen LogP contribution in [0.3, 0.4) is 0 Å². The minimum atomic E-state index is -0.268. The molecular weight excluding hydrogens is 389 g/mol. The molecule has 0 aliphatic heterocycles. The first-order valence-corrected chi connectivity index (χ1v) is 11.6. The minimum absolute atomic E-state index is 0.0309. The van der Waals surface area contributed by atoms with Crippen LogP contribution in [0.15, 0.2) is 30.3 Å². The van der Waals surface area contributed by atoms with Crippen molar-refractivity contribution in [3.05, 3.63) is 53.1 Å². The number of amides is 1. The Kier molecular flexibility index (Phi) is 5.03. The van der Waals surface area contributed by atoms with Crippen LogP contribution >= 0.6 is 0 Å². The summed E-state index contributed by atoms with van der Waals surface area (Å²) in [5.41, 5.74) is 3.82. The van der Waals surface area contributed by atoms with Gasteiger partial charge in [0.1, 0.15) is 5.82 Å². The summed E-state index contributed by atoms with van der Waals surface area (Å²) in [7, 11) is 0. The number of halogens is 1. The lowest BCUT2D eigenvalue weighted by molar-refractivity contribution is -0.121. The highest BCUT2D eigenvalue weighted by molar-refractivity contribution is 5.92. The molecule has 1 N–H and O–H groups in total. The number of carbonyl (C=O) groups is 1. The Balaban J connectivity index is 1.29. The van der Waals surface area contributed by atoms with Crippen LogP contribution in [0.1, 0.15) is 62.4 Å². The van der Waals surface area contributed by atoms with Gasteiger partial charge in [-0.1, -0.05) is 0 Å². The number of hydrogen-bond donors (Lipinski definition) is 1. The lowest BCUT2D eigenvalue weighted by atomic mass is 9.48. The zero-order valence-corrected chi connectivity index (χ0v) is 18.7. The van der Waals surface area contributed by atoms with E-state index >= 15 is 0 Å². The summed E-state index contributed by atoms with van der Waals surface area (Å²) in [6, 6.07) is 6.49. The largest absolute Gasteiger partial charge is 0.350 e. The Labute approximate surface area is 183 Å². The molecule has 4 nitrogen and oxygen atoms in total. The van der Waals surface area contributed by atoms with Crippen LogP contribution < -0.4 is 5.32 Å². The van der Waals surface area contributed by atoms with E-state index in [1.807, 2.05) is 19.9 Å². The fraction of sp³-hybridized carbons (Fsp3) is 0.538. The van der Waals surface area contributed by atoms with Gasteiger partial charge in [-0.3, -0.25) is 4.79 Å². The molecular formula is C26H32FN3O. The van der Waals surface area contributed by atoms with E-state index in [9.17, 15) is 9.18 Å². The van der Waals surface area contributed by atoms with Crippen molar-refractivity contribution in [2.24, 2.45) is 23.2 Å². The van der Waals surface area contributed by atoms with Gasteiger partial charge in [-0.25, -0.2) is 9.07 Å². The minimum Gasteiger partial charge on any atom is -0.350 e. The molecule has 0 radical (unpaired) electrons. The molecule has 2 aromatic rings. The van der Waals surface area contributed by atoms with Crippen molar-refractivity contribution in [3.63, 3.8) is 0 Å². The molecule has 4 saturated carbocycles. The SMILES string of the molecule is Cc1nn(-c2ccc(F)cc2)c(C)c1/C=C/C(=O)N[C@H](C)C12CC3CC(CC(C3)C1)C2. The monoisotopic (exact) mass is 421 g/mol. The zero-order valence-electron chi connectivity index (χ0n) is 18.7. The van der Waals surface area contributed by atoms with Gasteiger partial charge < -0.3 is 5.32 Å². The van der Waals surface area contributed by atoms with Gasteiger partial charge in [0.05, 0.1) is 11.4 Å². The number of aromatic nitrogens is 2. The topological polar surface area (TPSA) is 46.9 Å². The van der Waals surface area contributed by atoms with Gasteiger partial charge >= 0.3 is 0 Å². The standard InChI is InChI=1S/C26H32FN3O/c1-16-24(17(2)30(29-16)23-6-4-22(27)5-7-23)8-9-25(31)28-18(3)26-13-19-10-20(14-26)12-21(11-19)15-26/h4-9,18-21H,10-15H2,1-3H3,(H,28,31)/b9-8+/t18-,19?,20?,21?,26?/m1/s1.